The smallest absolute Gasteiger partial charge is 0.222 e. The number of alkyl halides is 2. The number of carbonyl (C=O) groups excluding carboxylic acids is 1. The number of amides is 1. The van der Waals surface area contributed by atoms with Crippen LogP contribution in [-0.2, 0) is 4.79 Å². The highest BCUT2D eigenvalue weighted by atomic mass is 35.5. The Balaban J connectivity index is 2.45. The second-order valence-corrected chi connectivity index (χ2v) is 5.14. The summed E-state index contributed by atoms with van der Waals surface area (Å²) in [5, 5.41) is 2.56. The number of nitrogens with two attached hydrogens (primary N) is 1. The number of hydrogen-bond acceptors (Lipinski definition) is 4. The van der Waals surface area contributed by atoms with Crippen LogP contribution >= 0.6 is 23.2 Å². The fourth-order valence-electron chi connectivity index (χ4n) is 1.74. The number of aliphatic imine (C=N–C) groups is 2. The number of rotatable bonds is 3. The van der Waals surface area contributed by atoms with Gasteiger partial charge in [0.2, 0.25) is 11.6 Å². The van der Waals surface area contributed by atoms with E-state index in [4.69, 9.17) is 28.9 Å². The van der Waals surface area contributed by atoms with Crippen molar-refractivity contribution in [3.63, 3.8) is 0 Å². The van der Waals surface area contributed by atoms with Gasteiger partial charge in [0.15, 0.2) is 16.5 Å². The molecule has 0 spiro atoms. The number of hydrogen-bond donors (Lipinski definition) is 2. The Morgan fingerprint density at radius 1 is 1.37 bits per heavy atom. The second kappa shape index (κ2) is 5.19. The molecule has 1 aromatic carbocycles. The average molecular weight is 299 g/mol. The molecule has 1 atom stereocenters. The summed E-state index contributed by atoms with van der Waals surface area (Å²) in [5.74, 6) is 0.109. The molecule has 2 rings (SSSR count). The molecule has 3 N–H and O–H groups in total. The van der Waals surface area contributed by atoms with Crippen LogP contribution in [-0.4, -0.2) is 28.1 Å². The van der Waals surface area contributed by atoms with Crippen LogP contribution in [0, 0.1) is 0 Å². The minimum absolute atomic E-state index is 0.0663. The number of carbonyl (C=O) groups is 1. The van der Waals surface area contributed by atoms with Gasteiger partial charge >= 0.3 is 0 Å². The lowest BCUT2D eigenvalue weighted by molar-refractivity contribution is -0.120. The third-order valence-electron chi connectivity index (χ3n) is 2.61. The van der Waals surface area contributed by atoms with Gasteiger partial charge in [-0.2, -0.15) is 0 Å². The minimum Gasteiger partial charge on any atom is -0.383 e. The zero-order chi connectivity index (χ0) is 14.0. The minimum atomic E-state index is -1.40. The number of halogens is 2. The molecular weight excluding hydrogens is 287 g/mol. The highest BCUT2D eigenvalue weighted by Gasteiger charge is 2.45. The summed E-state index contributed by atoms with van der Waals surface area (Å²) >= 11 is 11.8. The Labute approximate surface area is 120 Å². The van der Waals surface area contributed by atoms with Crippen LogP contribution in [0.25, 0.3) is 0 Å². The van der Waals surface area contributed by atoms with Crippen LogP contribution in [0.5, 0.6) is 0 Å². The lowest BCUT2D eigenvalue weighted by Gasteiger charge is -2.27. The van der Waals surface area contributed by atoms with Gasteiger partial charge in [0, 0.05) is 12.5 Å². The highest BCUT2D eigenvalue weighted by molar-refractivity contribution is 6.47. The first-order valence-corrected chi connectivity index (χ1v) is 6.40. The van der Waals surface area contributed by atoms with E-state index in [1.807, 2.05) is 30.3 Å². The van der Waals surface area contributed by atoms with Crippen molar-refractivity contribution in [1.82, 2.24) is 5.32 Å². The number of amidine groups is 2. The van der Waals surface area contributed by atoms with Gasteiger partial charge in [0.1, 0.15) is 0 Å². The standard InChI is InChI=1S/C12H12Cl2N4O/c1-7(19)17-12(10(13)14)11(15)16-9(18-12)8-5-3-2-4-6-8/h2-6,10H,1H3,(H,17,19)(H2,15,16,18)/t12-/m0/s1. The predicted molar refractivity (Wildman–Crippen MR) is 76.6 cm³/mol. The summed E-state index contributed by atoms with van der Waals surface area (Å²) in [6, 6.07) is 9.23. The number of nitrogens with one attached hydrogen (secondary N) is 1. The van der Waals surface area contributed by atoms with Crippen LogP contribution in [0.4, 0.5) is 0 Å². The lowest BCUT2D eigenvalue weighted by Crippen LogP contribution is -2.58. The molecule has 1 amide bonds. The van der Waals surface area contributed by atoms with Crippen LogP contribution in [0.3, 0.4) is 0 Å². The summed E-state index contributed by atoms with van der Waals surface area (Å²) < 4.78 is 0. The molecule has 0 radical (unpaired) electrons. The maximum Gasteiger partial charge on any atom is 0.222 e. The van der Waals surface area contributed by atoms with Crippen molar-refractivity contribution in [2.45, 2.75) is 17.4 Å². The molecule has 100 valence electrons. The fraction of sp³-hybridized carbons (Fsp3) is 0.250. The molecule has 0 aliphatic carbocycles. The molecule has 0 saturated carbocycles. The second-order valence-electron chi connectivity index (χ2n) is 4.05. The molecular formula is C12H12Cl2N4O. The summed E-state index contributed by atoms with van der Waals surface area (Å²) in [6.07, 6.45) is 0. The maximum absolute atomic E-state index is 11.3. The van der Waals surface area contributed by atoms with Crippen LogP contribution < -0.4 is 11.1 Å². The van der Waals surface area contributed by atoms with Crippen molar-refractivity contribution in [3.05, 3.63) is 35.9 Å². The van der Waals surface area contributed by atoms with E-state index in [9.17, 15) is 4.79 Å². The predicted octanol–water partition coefficient (Wildman–Crippen LogP) is 1.44. The number of nitrogens with zero attached hydrogens (tertiary/aromatic N) is 2. The van der Waals surface area contributed by atoms with Gasteiger partial charge in [-0.25, -0.2) is 9.98 Å². The molecule has 7 heteroatoms. The first-order valence-electron chi connectivity index (χ1n) is 5.52. The lowest BCUT2D eigenvalue weighted by atomic mass is 10.2. The number of benzene rings is 1. The Bertz CT molecular complexity index is 556. The summed E-state index contributed by atoms with van der Waals surface area (Å²) in [7, 11) is 0. The van der Waals surface area contributed by atoms with Gasteiger partial charge < -0.3 is 11.1 Å². The molecule has 0 bridgehead atoms. The molecule has 5 nitrogen and oxygen atoms in total. The largest absolute Gasteiger partial charge is 0.383 e. The molecule has 1 aliphatic rings. The Hall–Kier alpha value is -1.59. The van der Waals surface area contributed by atoms with Crippen molar-refractivity contribution in [3.8, 4) is 0 Å². The fourth-order valence-corrected chi connectivity index (χ4v) is 2.17. The van der Waals surface area contributed by atoms with Crippen molar-refractivity contribution < 1.29 is 4.79 Å². The molecule has 0 aromatic heterocycles. The van der Waals surface area contributed by atoms with Gasteiger partial charge in [-0.1, -0.05) is 53.5 Å². The first kappa shape index (κ1) is 13.8. The van der Waals surface area contributed by atoms with Crippen molar-refractivity contribution in [2.24, 2.45) is 15.7 Å². The highest BCUT2D eigenvalue weighted by Crippen LogP contribution is 2.28. The zero-order valence-electron chi connectivity index (χ0n) is 10.1. The molecule has 1 heterocycles. The van der Waals surface area contributed by atoms with E-state index in [1.165, 1.54) is 6.92 Å². The Morgan fingerprint density at radius 2 is 2.00 bits per heavy atom. The van der Waals surface area contributed by atoms with Gasteiger partial charge in [-0.05, 0) is 0 Å². The summed E-state index contributed by atoms with van der Waals surface area (Å²) in [5.41, 5.74) is 5.21. The molecule has 1 aliphatic heterocycles. The quantitative estimate of drug-likeness (QED) is 0.828. The van der Waals surface area contributed by atoms with Crippen LogP contribution in [0.15, 0.2) is 40.3 Å². The van der Waals surface area contributed by atoms with E-state index < -0.39 is 10.5 Å². The molecule has 0 unspecified atom stereocenters. The van der Waals surface area contributed by atoms with Crippen LogP contribution in [0.1, 0.15) is 12.5 Å². The van der Waals surface area contributed by atoms with E-state index in [0.29, 0.717) is 5.84 Å². The van der Waals surface area contributed by atoms with E-state index in [-0.39, 0.29) is 11.7 Å². The zero-order valence-corrected chi connectivity index (χ0v) is 11.6. The van der Waals surface area contributed by atoms with Crippen molar-refractivity contribution >= 4 is 40.8 Å². The Kier molecular flexibility index (Phi) is 3.78. The average Bonchev–Trinajstić information content (AvgIpc) is 2.68. The third-order valence-corrected chi connectivity index (χ3v) is 3.25. The monoisotopic (exact) mass is 298 g/mol. The van der Waals surface area contributed by atoms with Gasteiger partial charge in [0.05, 0.1) is 0 Å². The van der Waals surface area contributed by atoms with E-state index in [0.717, 1.165) is 5.56 Å². The molecule has 0 fully saturated rings. The van der Waals surface area contributed by atoms with Gasteiger partial charge in [-0.15, -0.1) is 0 Å². The van der Waals surface area contributed by atoms with Crippen molar-refractivity contribution in [1.29, 1.82) is 0 Å². The molecule has 0 saturated heterocycles. The topological polar surface area (TPSA) is 79.8 Å². The maximum atomic E-state index is 11.3. The molecule has 1 aromatic rings. The van der Waals surface area contributed by atoms with Crippen molar-refractivity contribution in [2.75, 3.05) is 0 Å². The van der Waals surface area contributed by atoms with E-state index >= 15 is 0 Å². The van der Waals surface area contributed by atoms with Gasteiger partial charge in [-0.3, -0.25) is 4.79 Å². The van der Waals surface area contributed by atoms with E-state index in [2.05, 4.69) is 15.3 Å². The van der Waals surface area contributed by atoms with Crippen LogP contribution in [0.2, 0.25) is 0 Å². The summed E-state index contributed by atoms with van der Waals surface area (Å²) in [4.78, 5) is 18.7. The first-order chi connectivity index (χ1) is 8.95. The molecule has 19 heavy (non-hydrogen) atoms. The van der Waals surface area contributed by atoms with Gasteiger partial charge in [0.25, 0.3) is 0 Å². The Morgan fingerprint density at radius 3 is 2.53 bits per heavy atom. The normalized spacial score (nSPS) is 22.1. The SMILES string of the molecule is CC(=O)N[C@@]1(C(Cl)Cl)N=C(c2ccccc2)N=C1N. The summed E-state index contributed by atoms with van der Waals surface area (Å²) in [6.45, 7) is 1.33. The third kappa shape index (κ3) is 2.57. The van der Waals surface area contributed by atoms with E-state index in [1.54, 1.807) is 0 Å².